The van der Waals surface area contributed by atoms with Gasteiger partial charge in [-0.15, -0.1) is 0 Å². The zero-order valence-electron chi connectivity index (χ0n) is 10.9. The molecule has 0 unspecified atom stereocenters. The molecule has 0 radical (unpaired) electrons. The van der Waals surface area contributed by atoms with Crippen LogP contribution in [-0.2, 0) is 9.59 Å². The summed E-state index contributed by atoms with van der Waals surface area (Å²) in [7, 11) is 0. The number of aryl methyl sites for hydroxylation is 1. The lowest BCUT2D eigenvalue weighted by atomic mass is 10.1. The van der Waals surface area contributed by atoms with E-state index < -0.39 is 23.9 Å². The second-order valence-corrected chi connectivity index (χ2v) is 4.39. The van der Waals surface area contributed by atoms with Crippen LogP contribution in [-0.4, -0.2) is 34.1 Å². The highest BCUT2D eigenvalue weighted by atomic mass is 16.4. The molecule has 7 heteroatoms. The fraction of sp³-hybridized carbons (Fsp3) is 0.308. The van der Waals surface area contributed by atoms with Gasteiger partial charge in [-0.05, 0) is 31.0 Å². The average Bonchev–Trinajstić information content (AvgIpc) is 2.33. The van der Waals surface area contributed by atoms with Gasteiger partial charge in [0, 0.05) is 12.1 Å². The number of carboxylic acid groups (broad SMARTS) is 2. The summed E-state index contributed by atoms with van der Waals surface area (Å²) in [6.45, 7) is 1.81. The Hall–Kier alpha value is -2.57. The Kier molecular flexibility index (Phi) is 5.08. The fourth-order valence-corrected chi connectivity index (χ4v) is 1.65. The maximum absolute atomic E-state index is 11.9. The van der Waals surface area contributed by atoms with Crippen molar-refractivity contribution in [2.75, 3.05) is 5.73 Å². The standard InChI is InChI=1S/C13H16N2O5/c1-7-2-3-8(9(14)6-7)12(18)15-10(13(19)20)4-5-11(16)17/h2-3,6,10H,4-5,14H2,1H3,(H,15,18)(H,16,17)(H,19,20)/t10-/m0/s1. The number of nitrogen functional groups attached to an aromatic ring is 1. The van der Waals surface area contributed by atoms with Crippen LogP contribution in [0.4, 0.5) is 5.69 Å². The van der Waals surface area contributed by atoms with Crippen molar-refractivity contribution in [3.05, 3.63) is 29.3 Å². The van der Waals surface area contributed by atoms with Crippen LogP contribution in [0.5, 0.6) is 0 Å². The van der Waals surface area contributed by atoms with Crippen molar-refractivity contribution in [2.45, 2.75) is 25.8 Å². The van der Waals surface area contributed by atoms with E-state index in [4.69, 9.17) is 15.9 Å². The van der Waals surface area contributed by atoms with Gasteiger partial charge in [-0.2, -0.15) is 0 Å². The molecule has 0 aromatic heterocycles. The Morgan fingerprint density at radius 2 is 1.95 bits per heavy atom. The molecule has 0 aliphatic heterocycles. The summed E-state index contributed by atoms with van der Waals surface area (Å²) in [5.74, 6) is -3.05. The molecular weight excluding hydrogens is 264 g/mol. The number of hydrogen-bond acceptors (Lipinski definition) is 4. The van der Waals surface area contributed by atoms with Crippen LogP contribution in [0.3, 0.4) is 0 Å². The minimum atomic E-state index is -1.29. The second kappa shape index (κ2) is 6.55. The first kappa shape index (κ1) is 15.5. The van der Waals surface area contributed by atoms with Crippen LogP contribution >= 0.6 is 0 Å². The summed E-state index contributed by atoms with van der Waals surface area (Å²) < 4.78 is 0. The number of benzene rings is 1. The van der Waals surface area contributed by atoms with Crippen LogP contribution in [0.25, 0.3) is 0 Å². The van der Waals surface area contributed by atoms with E-state index >= 15 is 0 Å². The van der Waals surface area contributed by atoms with E-state index in [1.165, 1.54) is 6.07 Å². The van der Waals surface area contributed by atoms with Gasteiger partial charge in [0.1, 0.15) is 6.04 Å². The molecule has 5 N–H and O–H groups in total. The molecule has 1 atom stereocenters. The number of nitrogens with two attached hydrogens (primary N) is 1. The molecule has 1 aromatic rings. The summed E-state index contributed by atoms with van der Waals surface area (Å²) in [6.07, 6.45) is -0.539. The number of rotatable bonds is 6. The van der Waals surface area contributed by atoms with E-state index in [1.807, 2.05) is 6.92 Å². The van der Waals surface area contributed by atoms with Gasteiger partial charge in [-0.1, -0.05) is 6.07 Å². The number of nitrogens with one attached hydrogen (secondary N) is 1. The lowest BCUT2D eigenvalue weighted by Gasteiger charge is -2.14. The summed E-state index contributed by atoms with van der Waals surface area (Å²) in [5.41, 5.74) is 6.97. The van der Waals surface area contributed by atoms with Gasteiger partial charge in [0.15, 0.2) is 0 Å². The predicted octanol–water partition coefficient (Wildman–Crippen LogP) is 0.625. The number of hydrogen-bond donors (Lipinski definition) is 4. The lowest BCUT2D eigenvalue weighted by Crippen LogP contribution is -2.41. The second-order valence-electron chi connectivity index (χ2n) is 4.39. The van der Waals surface area contributed by atoms with Crippen LogP contribution in [0.2, 0.25) is 0 Å². The first-order valence-electron chi connectivity index (χ1n) is 5.93. The molecule has 0 aliphatic rings. The molecule has 7 nitrogen and oxygen atoms in total. The maximum Gasteiger partial charge on any atom is 0.326 e. The summed E-state index contributed by atoms with van der Waals surface area (Å²) in [4.78, 5) is 33.4. The van der Waals surface area contributed by atoms with Crippen molar-refractivity contribution >= 4 is 23.5 Å². The highest BCUT2D eigenvalue weighted by Gasteiger charge is 2.22. The zero-order valence-corrected chi connectivity index (χ0v) is 10.9. The smallest absolute Gasteiger partial charge is 0.326 e. The lowest BCUT2D eigenvalue weighted by molar-refractivity contribution is -0.140. The van der Waals surface area contributed by atoms with E-state index in [1.54, 1.807) is 12.1 Å². The van der Waals surface area contributed by atoms with Gasteiger partial charge >= 0.3 is 11.9 Å². The molecule has 1 rings (SSSR count). The van der Waals surface area contributed by atoms with Crippen molar-refractivity contribution in [3.8, 4) is 0 Å². The van der Waals surface area contributed by atoms with Crippen molar-refractivity contribution in [1.82, 2.24) is 5.32 Å². The van der Waals surface area contributed by atoms with E-state index in [9.17, 15) is 14.4 Å². The SMILES string of the molecule is Cc1ccc(C(=O)N[C@@H](CCC(=O)O)C(=O)O)c(N)c1. The van der Waals surface area contributed by atoms with E-state index in [2.05, 4.69) is 5.32 Å². The predicted molar refractivity (Wildman–Crippen MR) is 71.4 cm³/mol. The third kappa shape index (κ3) is 4.27. The number of carbonyl (C=O) groups excluding carboxylic acids is 1. The Bertz CT molecular complexity index is 542. The molecular formula is C13H16N2O5. The van der Waals surface area contributed by atoms with Crippen LogP contribution in [0.1, 0.15) is 28.8 Å². The molecule has 0 fully saturated rings. The van der Waals surface area contributed by atoms with Crippen LogP contribution < -0.4 is 11.1 Å². The monoisotopic (exact) mass is 280 g/mol. The topological polar surface area (TPSA) is 130 Å². The van der Waals surface area contributed by atoms with Crippen molar-refractivity contribution in [3.63, 3.8) is 0 Å². The molecule has 1 amide bonds. The van der Waals surface area contributed by atoms with Gasteiger partial charge < -0.3 is 21.3 Å². The van der Waals surface area contributed by atoms with E-state index in [-0.39, 0.29) is 24.1 Å². The molecule has 0 heterocycles. The molecule has 1 aromatic carbocycles. The number of carboxylic acids is 2. The van der Waals surface area contributed by atoms with Crippen LogP contribution in [0.15, 0.2) is 18.2 Å². The molecule has 108 valence electrons. The van der Waals surface area contributed by atoms with Crippen molar-refractivity contribution in [2.24, 2.45) is 0 Å². The van der Waals surface area contributed by atoms with Crippen LogP contribution in [0, 0.1) is 6.92 Å². The molecule has 0 aliphatic carbocycles. The molecule has 0 spiro atoms. The third-order valence-corrected chi connectivity index (χ3v) is 2.70. The quantitative estimate of drug-likeness (QED) is 0.565. The van der Waals surface area contributed by atoms with E-state index in [0.717, 1.165) is 5.56 Å². The molecule has 0 saturated carbocycles. The Balaban J connectivity index is 2.80. The average molecular weight is 280 g/mol. The first-order chi connectivity index (χ1) is 9.31. The Morgan fingerprint density at radius 3 is 2.45 bits per heavy atom. The minimum absolute atomic E-state index is 0.164. The highest BCUT2D eigenvalue weighted by molar-refractivity contribution is 6.00. The van der Waals surface area contributed by atoms with Gasteiger partial charge in [-0.25, -0.2) is 4.79 Å². The number of carbonyl (C=O) groups is 3. The minimum Gasteiger partial charge on any atom is -0.481 e. The van der Waals surface area contributed by atoms with Gasteiger partial charge in [0.05, 0.1) is 5.56 Å². The number of anilines is 1. The normalized spacial score (nSPS) is 11.7. The largest absolute Gasteiger partial charge is 0.481 e. The number of aliphatic carboxylic acids is 2. The van der Waals surface area contributed by atoms with E-state index in [0.29, 0.717) is 0 Å². The molecule has 0 saturated heterocycles. The summed E-state index contributed by atoms with van der Waals surface area (Å²) in [6, 6.07) is 3.51. The first-order valence-corrected chi connectivity index (χ1v) is 5.93. The van der Waals surface area contributed by atoms with Gasteiger partial charge in [0.25, 0.3) is 5.91 Å². The zero-order chi connectivity index (χ0) is 15.3. The Labute approximate surface area is 115 Å². The fourth-order valence-electron chi connectivity index (χ4n) is 1.65. The van der Waals surface area contributed by atoms with Gasteiger partial charge in [0.2, 0.25) is 0 Å². The molecule has 20 heavy (non-hydrogen) atoms. The van der Waals surface area contributed by atoms with Crippen molar-refractivity contribution in [1.29, 1.82) is 0 Å². The highest BCUT2D eigenvalue weighted by Crippen LogP contribution is 2.14. The summed E-state index contributed by atoms with van der Waals surface area (Å²) >= 11 is 0. The summed E-state index contributed by atoms with van der Waals surface area (Å²) in [5, 5.41) is 19.8. The third-order valence-electron chi connectivity index (χ3n) is 2.70. The maximum atomic E-state index is 11.9. The number of amides is 1. The van der Waals surface area contributed by atoms with Crippen molar-refractivity contribution < 1.29 is 24.6 Å². The Morgan fingerprint density at radius 1 is 1.30 bits per heavy atom. The van der Waals surface area contributed by atoms with Gasteiger partial charge in [-0.3, -0.25) is 9.59 Å². The molecule has 0 bridgehead atoms.